The monoisotopic (exact) mass is 276 g/mol. The predicted octanol–water partition coefficient (Wildman–Crippen LogP) is 2.78. The first-order valence-corrected chi connectivity index (χ1v) is 7.55. The highest BCUT2D eigenvalue weighted by molar-refractivity contribution is 5.97. The van der Waals surface area contributed by atoms with Crippen molar-refractivity contribution in [1.29, 1.82) is 0 Å². The molecule has 0 atom stereocenters. The molecule has 0 saturated heterocycles. The lowest BCUT2D eigenvalue weighted by molar-refractivity contribution is -0.122. The van der Waals surface area contributed by atoms with Crippen molar-refractivity contribution >= 4 is 11.7 Å². The van der Waals surface area contributed by atoms with Crippen LogP contribution in [0.1, 0.15) is 56.3 Å². The highest BCUT2D eigenvalue weighted by atomic mass is 16.2. The number of nitrogens with one attached hydrogen (secondary N) is 1. The van der Waals surface area contributed by atoms with Crippen LogP contribution in [0.5, 0.6) is 0 Å². The van der Waals surface area contributed by atoms with Gasteiger partial charge in [-0.2, -0.15) is 0 Å². The van der Waals surface area contributed by atoms with Crippen molar-refractivity contribution in [3.63, 3.8) is 0 Å². The summed E-state index contributed by atoms with van der Waals surface area (Å²) in [5, 5.41) is 3.08. The van der Waals surface area contributed by atoms with Crippen LogP contribution in [0.3, 0.4) is 0 Å². The molecule has 0 spiro atoms. The quantitative estimate of drug-likeness (QED) is 0.841. The third-order valence-electron chi connectivity index (χ3n) is 3.86. The van der Waals surface area contributed by atoms with Crippen LogP contribution in [0.2, 0.25) is 0 Å². The van der Waals surface area contributed by atoms with Crippen molar-refractivity contribution in [2.24, 2.45) is 5.92 Å². The Morgan fingerprint density at radius 3 is 2.65 bits per heavy atom. The Bertz CT molecular complexity index is 471. The first-order chi connectivity index (χ1) is 9.56. The van der Waals surface area contributed by atoms with Gasteiger partial charge in [-0.25, -0.2) is 0 Å². The fourth-order valence-corrected chi connectivity index (χ4v) is 2.70. The maximum atomic E-state index is 12.0. The van der Waals surface area contributed by atoms with E-state index < -0.39 is 0 Å². The summed E-state index contributed by atoms with van der Waals surface area (Å²) in [5.41, 5.74) is 0.686. The van der Waals surface area contributed by atoms with Gasteiger partial charge < -0.3 is 9.88 Å². The van der Waals surface area contributed by atoms with Gasteiger partial charge in [0.25, 0.3) is 0 Å². The van der Waals surface area contributed by atoms with Gasteiger partial charge in [0.1, 0.15) is 6.54 Å². The molecule has 0 bridgehead atoms. The van der Waals surface area contributed by atoms with Crippen LogP contribution >= 0.6 is 0 Å². The van der Waals surface area contributed by atoms with Gasteiger partial charge in [0, 0.05) is 29.9 Å². The molecule has 4 heteroatoms. The second-order valence-corrected chi connectivity index (χ2v) is 5.99. The van der Waals surface area contributed by atoms with E-state index in [2.05, 4.69) is 5.32 Å². The number of ketones is 1. The Labute approximate surface area is 120 Å². The van der Waals surface area contributed by atoms with Crippen LogP contribution in [0.15, 0.2) is 18.5 Å². The van der Waals surface area contributed by atoms with E-state index in [9.17, 15) is 9.59 Å². The van der Waals surface area contributed by atoms with Crippen molar-refractivity contribution in [1.82, 2.24) is 9.88 Å². The number of Topliss-reactive ketones (excluding diaryl/α,β-unsaturated/α-hetero) is 1. The van der Waals surface area contributed by atoms with Gasteiger partial charge in [-0.3, -0.25) is 9.59 Å². The summed E-state index contributed by atoms with van der Waals surface area (Å²) in [4.78, 5) is 23.8. The normalized spacial score (nSPS) is 16.4. The van der Waals surface area contributed by atoms with Crippen molar-refractivity contribution < 1.29 is 9.59 Å². The molecule has 1 aromatic rings. The van der Waals surface area contributed by atoms with Crippen molar-refractivity contribution in [2.45, 2.75) is 58.5 Å². The minimum atomic E-state index is -0.0121. The third-order valence-corrected chi connectivity index (χ3v) is 3.86. The molecule has 1 N–H and O–H groups in total. The Kier molecular flexibility index (Phi) is 4.99. The van der Waals surface area contributed by atoms with Crippen LogP contribution in [0.4, 0.5) is 0 Å². The van der Waals surface area contributed by atoms with Gasteiger partial charge in [-0.05, 0) is 18.9 Å². The number of amides is 1. The number of rotatable bonds is 5. The summed E-state index contributed by atoms with van der Waals surface area (Å²) in [6.07, 6.45) is 9.45. The van der Waals surface area contributed by atoms with Gasteiger partial charge in [0.05, 0.1) is 0 Å². The number of aromatic nitrogens is 1. The zero-order valence-corrected chi connectivity index (χ0v) is 12.4. The summed E-state index contributed by atoms with van der Waals surface area (Å²) in [5.74, 6) is 0.148. The lowest BCUT2D eigenvalue weighted by Gasteiger charge is -2.22. The molecule has 0 radical (unpaired) electrons. The zero-order valence-electron chi connectivity index (χ0n) is 12.4. The van der Waals surface area contributed by atoms with Crippen LogP contribution in [-0.4, -0.2) is 22.3 Å². The molecule has 1 aliphatic carbocycles. The summed E-state index contributed by atoms with van der Waals surface area (Å²) in [6, 6.07) is 2.12. The maximum Gasteiger partial charge on any atom is 0.240 e. The summed E-state index contributed by atoms with van der Waals surface area (Å²) in [7, 11) is 0. The predicted molar refractivity (Wildman–Crippen MR) is 78.6 cm³/mol. The molecule has 1 heterocycles. The Morgan fingerprint density at radius 2 is 2.00 bits per heavy atom. The van der Waals surface area contributed by atoms with Crippen molar-refractivity contribution in [2.75, 3.05) is 0 Å². The molecule has 20 heavy (non-hydrogen) atoms. The molecular formula is C16H24N2O2. The Hall–Kier alpha value is -1.58. The molecule has 1 saturated carbocycles. The van der Waals surface area contributed by atoms with E-state index in [4.69, 9.17) is 0 Å². The zero-order chi connectivity index (χ0) is 14.5. The highest BCUT2D eigenvalue weighted by Gasteiger charge is 2.16. The summed E-state index contributed by atoms with van der Waals surface area (Å²) < 4.78 is 1.79. The van der Waals surface area contributed by atoms with Crippen LogP contribution in [0.25, 0.3) is 0 Å². The highest BCUT2D eigenvalue weighted by Crippen LogP contribution is 2.17. The number of hydrogen-bond acceptors (Lipinski definition) is 2. The largest absolute Gasteiger partial charge is 0.352 e. The lowest BCUT2D eigenvalue weighted by atomic mass is 9.95. The maximum absolute atomic E-state index is 12.0. The fraction of sp³-hybridized carbons (Fsp3) is 0.625. The molecule has 1 amide bonds. The first kappa shape index (κ1) is 14.8. The Morgan fingerprint density at radius 1 is 1.30 bits per heavy atom. The molecule has 0 aliphatic heterocycles. The van der Waals surface area contributed by atoms with Crippen LogP contribution < -0.4 is 5.32 Å². The molecule has 0 aromatic carbocycles. The molecule has 2 rings (SSSR count). The molecule has 1 fully saturated rings. The van der Waals surface area contributed by atoms with E-state index in [1.54, 1.807) is 23.0 Å². The number of carbonyl (C=O) groups is 2. The van der Waals surface area contributed by atoms with Crippen LogP contribution in [-0.2, 0) is 11.3 Å². The average Bonchev–Trinajstić information content (AvgIpc) is 2.87. The average molecular weight is 276 g/mol. The van der Waals surface area contributed by atoms with E-state index in [0.29, 0.717) is 18.2 Å². The van der Waals surface area contributed by atoms with Gasteiger partial charge >= 0.3 is 0 Å². The van der Waals surface area contributed by atoms with Crippen LogP contribution in [0, 0.1) is 5.92 Å². The number of hydrogen-bond donors (Lipinski definition) is 1. The molecule has 110 valence electrons. The second kappa shape index (κ2) is 6.73. The van der Waals surface area contributed by atoms with Gasteiger partial charge in [-0.15, -0.1) is 0 Å². The summed E-state index contributed by atoms with van der Waals surface area (Å²) >= 11 is 0. The minimum absolute atomic E-state index is 0.0121. The number of carbonyl (C=O) groups excluding carboxylic acids is 2. The van der Waals surface area contributed by atoms with Gasteiger partial charge in [0.2, 0.25) is 5.91 Å². The van der Waals surface area contributed by atoms with Gasteiger partial charge in [-0.1, -0.05) is 33.1 Å². The third kappa shape index (κ3) is 3.95. The smallest absolute Gasteiger partial charge is 0.240 e. The number of nitrogens with zero attached hydrogens (tertiary/aromatic N) is 1. The fourth-order valence-electron chi connectivity index (χ4n) is 2.70. The molecule has 4 nitrogen and oxygen atoms in total. The minimum Gasteiger partial charge on any atom is -0.352 e. The molecular weight excluding hydrogens is 252 g/mol. The summed E-state index contributed by atoms with van der Waals surface area (Å²) in [6.45, 7) is 4.06. The van der Waals surface area contributed by atoms with E-state index in [0.717, 1.165) is 12.8 Å². The lowest BCUT2D eigenvalue weighted by Crippen LogP contribution is -2.38. The van der Waals surface area contributed by atoms with Gasteiger partial charge in [0.15, 0.2) is 5.78 Å². The first-order valence-electron chi connectivity index (χ1n) is 7.55. The Balaban J connectivity index is 1.86. The van der Waals surface area contributed by atoms with E-state index in [1.165, 1.54) is 19.3 Å². The van der Waals surface area contributed by atoms with Crippen molar-refractivity contribution in [3.8, 4) is 0 Å². The van der Waals surface area contributed by atoms with E-state index in [1.807, 2.05) is 13.8 Å². The van der Waals surface area contributed by atoms with E-state index in [-0.39, 0.29) is 17.6 Å². The molecule has 1 aliphatic rings. The molecule has 0 unspecified atom stereocenters. The van der Waals surface area contributed by atoms with E-state index >= 15 is 0 Å². The second-order valence-electron chi connectivity index (χ2n) is 5.99. The SMILES string of the molecule is CC(C)C(=O)c1ccn(CC(=O)NC2CCCCC2)c1. The van der Waals surface area contributed by atoms with Crippen molar-refractivity contribution in [3.05, 3.63) is 24.0 Å². The topological polar surface area (TPSA) is 51.1 Å². The standard InChI is InChI=1S/C16H24N2O2/c1-12(2)16(20)13-8-9-18(10-13)11-15(19)17-14-6-4-3-5-7-14/h8-10,12,14H,3-7,11H2,1-2H3,(H,17,19). The molecule has 1 aromatic heterocycles.